The Morgan fingerprint density at radius 2 is 2.12 bits per heavy atom. The zero-order chi connectivity index (χ0) is 13.1. The van der Waals surface area contributed by atoms with E-state index in [-0.39, 0.29) is 12.2 Å². The van der Waals surface area contributed by atoms with Crippen molar-refractivity contribution in [1.82, 2.24) is 5.32 Å². The summed E-state index contributed by atoms with van der Waals surface area (Å²) in [5, 5.41) is 11.9. The molecule has 5 nitrogen and oxygen atoms in total. The minimum absolute atomic E-state index is 0.0430. The van der Waals surface area contributed by atoms with Crippen LogP contribution in [-0.2, 0) is 14.6 Å². The molecule has 1 rings (SSSR count). The van der Waals surface area contributed by atoms with Crippen LogP contribution >= 0.6 is 0 Å². The Balaban J connectivity index is 2.72. The molecule has 0 aromatic rings. The number of hydrogen-bond acceptors (Lipinski definition) is 4. The molecule has 0 spiro atoms. The monoisotopic (exact) mass is 263 g/mol. The number of carboxylic acid groups (broad SMARTS) is 1. The van der Waals surface area contributed by atoms with E-state index in [4.69, 9.17) is 0 Å². The van der Waals surface area contributed by atoms with Crippen molar-refractivity contribution in [3.63, 3.8) is 0 Å². The van der Waals surface area contributed by atoms with E-state index < -0.39 is 26.5 Å². The number of nitrogens with one attached hydrogen (secondary N) is 1. The van der Waals surface area contributed by atoms with Crippen molar-refractivity contribution in [3.8, 4) is 0 Å². The number of aliphatic carboxylic acids is 1. The molecule has 1 fully saturated rings. The Hall–Kier alpha value is -0.620. The van der Waals surface area contributed by atoms with Gasteiger partial charge in [-0.25, -0.2) is 8.42 Å². The van der Waals surface area contributed by atoms with Crippen LogP contribution in [0, 0.1) is 5.41 Å². The number of sulfone groups is 1. The smallest absolute Gasteiger partial charge is 0.310 e. The highest BCUT2D eigenvalue weighted by Gasteiger charge is 2.40. The third-order valence-corrected chi connectivity index (χ3v) is 5.72. The number of hydrogen-bond donors (Lipinski definition) is 2. The first-order valence-electron chi connectivity index (χ1n) is 5.96. The van der Waals surface area contributed by atoms with Crippen molar-refractivity contribution in [2.75, 3.05) is 18.8 Å². The van der Waals surface area contributed by atoms with Gasteiger partial charge in [0.25, 0.3) is 0 Å². The van der Waals surface area contributed by atoms with Crippen LogP contribution in [0.4, 0.5) is 0 Å². The Bertz CT molecular complexity index is 369. The minimum Gasteiger partial charge on any atom is -0.481 e. The van der Waals surface area contributed by atoms with Crippen LogP contribution in [0.25, 0.3) is 0 Å². The number of rotatable bonds is 5. The van der Waals surface area contributed by atoms with Crippen molar-refractivity contribution in [3.05, 3.63) is 0 Å². The van der Waals surface area contributed by atoms with Crippen LogP contribution in [0.2, 0.25) is 0 Å². The molecule has 1 heterocycles. The van der Waals surface area contributed by atoms with E-state index in [0.717, 1.165) is 13.0 Å². The molecule has 0 aromatic carbocycles. The molecule has 100 valence electrons. The molecule has 1 atom stereocenters. The molecule has 1 unspecified atom stereocenters. The Morgan fingerprint density at radius 3 is 2.53 bits per heavy atom. The Labute approximate surface area is 103 Å². The summed E-state index contributed by atoms with van der Waals surface area (Å²) in [6.45, 7) is 4.44. The maximum Gasteiger partial charge on any atom is 0.310 e. The molecule has 0 aliphatic carbocycles. The first-order chi connectivity index (χ1) is 7.80. The van der Waals surface area contributed by atoms with E-state index in [0.29, 0.717) is 13.0 Å². The van der Waals surface area contributed by atoms with E-state index in [1.54, 1.807) is 13.8 Å². The predicted octanol–water partition coefficient (Wildman–Crippen LogP) is 0.654. The van der Waals surface area contributed by atoms with Crippen LogP contribution < -0.4 is 5.32 Å². The lowest BCUT2D eigenvalue weighted by Crippen LogP contribution is -2.46. The maximum absolute atomic E-state index is 11.7. The fourth-order valence-corrected chi connectivity index (χ4v) is 3.19. The Morgan fingerprint density at radius 1 is 1.47 bits per heavy atom. The standard InChI is InChI=1S/C11H21NO4S/c1-9(2)17(15,16)7-5-11(10(13)14)4-3-6-12-8-11/h9,12H,3-8H2,1-2H3,(H,13,14). The first-order valence-corrected chi connectivity index (χ1v) is 7.67. The van der Waals surface area contributed by atoms with Gasteiger partial charge in [-0.1, -0.05) is 0 Å². The van der Waals surface area contributed by atoms with Crippen LogP contribution in [0.1, 0.15) is 33.1 Å². The van der Waals surface area contributed by atoms with Gasteiger partial charge in [-0.05, 0) is 39.7 Å². The summed E-state index contributed by atoms with van der Waals surface area (Å²) in [4.78, 5) is 11.3. The van der Waals surface area contributed by atoms with Gasteiger partial charge in [0.15, 0.2) is 9.84 Å². The third-order valence-electron chi connectivity index (χ3n) is 3.51. The van der Waals surface area contributed by atoms with Gasteiger partial charge in [0.2, 0.25) is 0 Å². The van der Waals surface area contributed by atoms with E-state index in [2.05, 4.69) is 5.32 Å². The summed E-state index contributed by atoms with van der Waals surface area (Å²) in [5.41, 5.74) is -0.903. The van der Waals surface area contributed by atoms with Gasteiger partial charge < -0.3 is 10.4 Å². The molecule has 1 saturated heterocycles. The second-order valence-corrected chi connectivity index (χ2v) is 7.71. The van der Waals surface area contributed by atoms with Crippen LogP contribution in [-0.4, -0.2) is 43.6 Å². The van der Waals surface area contributed by atoms with E-state index in [9.17, 15) is 18.3 Å². The van der Waals surface area contributed by atoms with Gasteiger partial charge in [-0.15, -0.1) is 0 Å². The highest BCUT2D eigenvalue weighted by Crippen LogP contribution is 2.31. The summed E-state index contributed by atoms with van der Waals surface area (Å²) in [6.07, 6.45) is 1.55. The summed E-state index contributed by atoms with van der Waals surface area (Å²) < 4.78 is 23.4. The van der Waals surface area contributed by atoms with Crippen LogP contribution in [0.15, 0.2) is 0 Å². The fraction of sp³-hybridized carbons (Fsp3) is 0.909. The quantitative estimate of drug-likeness (QED) is 0.761. The molecular weight excluding hydrogens is 242 g/mol. The molecular formula is C11H21NO4S. The highest BCUT2D eigenvalue weighted by atomic mass is 32.2. The number of carbonyl (C=O) groups is 1. The lowest BCUT2D eigenvalue weighted by molar-refractivity contribution is -0.150. The molecule has 0 aromatic heterocycles. The fourth-order valence-electron chi connectivity index (χ4n) is 2.04. The summed E-state index contributed by atoms with van der Waals surface area (Å²) >= 11 is 0. The average Bonchev–Trinajstić information content (AvgIpc) is 2.27. The van der Waals surface area contributed by atoms with Gasteiger partial charge in [0.05, 0.1) is 16.4 Å². The lowest BCUT2D eigenvalue weighted by atomic mass is 9.78. The van der Waals surface area contributed by atoms with Crippen molar-refractivity contribution in [2.45, 2.75) is 38.4 Å². The topological polar surface area (TPSA) is 83.5 Å². The molecule has 2 N–H and O–H groups in total. The second-order valence-electron chi connectivity index (χ2n) is 5.03. The van der Waals surface area contributed by atoms with Gasteiger partial charge in [0, 0.05) is 6.54 Å². The second kappa shape index (κ2) is 5.35. The van der Waals surface area contributed by atoms with Crippen LogP contribution in [0.3, 0.4) is 0 Å². The van der Waals surface area contributed by atoms with E-state index in [1.165, 1.54) is 0 Å². The summed E-state index contributed by atoms with van der Waals surface area (Å²) in [6, 6.07) is 0. The first kappa shape index (κ1) is 14.4. The SMILES string of the molecule is CC(C)S(=O)(=O)CCC1(C(=O)O)CCCNC1. The third kappa shape index (κ3) is 3.42. The predicted molar refractivity (Wildman–Crippen MR) is 65.7 cm³/mol. The zero-order valence-electron chi connectivity index (χ0n) is 10.4. The molecule has 1 aliphatic rings. The minimum atomic E-state index is -3.16. The molecule has 0 amide bonds. The summed E-state index contributed by atoms with van der Waals surface area (Å²) in [5.74, 6) is -0.929. The van der Waals surface area contributed by atoms with Gasteiger partial charge >= 0.3 is 5.97 Å². The zero-order valence-corrected chi connectivity index (χ0v) is 11.2. The molecule has 0 bridgehead atoms. The molecule has 0 saturated carbocycles. The number of piperidine rings is 1. The molecule has 17 heavy (non-hydrogen) atoms. The van der Waals surface area contributed by atoms with Crippen molar-refractivity contribution >= 4 is 15.8 Å². The van der Waals surface area contributed by atoms with Gasteiger partial charge in [-0.3, -0.25) is 4.79 Å². The molecule has 0 radical (unpaired) electrons. The average molecular weight is 263 g/mol. The maximum atomic E-state index is 11.7. The normalized spacial score (nSPS) is 26.1. The number of carboxylic acids is 1. The molecule has 6 heteroatoms. The Kier molecular flexibility index (Phi) is 4.55. The van der Waals surface area contributed by atoms with Gasteiger partial charge in [-0.2, -0.15) is 0 Å². The van der Waals surface area contributed by atoms with Crippen molar-refractivity contribution in [2.24, 2.45) is 5.41 Å². The van der Waals surface area contributed by atoms with Gasteiger partial charge in [0.1, 0.15) is 0 Å². The van der Waals surface area contributed by atoms with Crippen molar-refractivity contribution < 1.29 is 18.3 Å². The van der Waals surface area contributed by atoms with Crippen LogP contribution in [0.5, 0.6) is 0 Å². The summed E-state index contributed by atoms with van der Waals surface area (Å²) in [7, 11) is -3.16. The van der Waals surface area contributed by atoms with E-state index in [1.807, 2.05) is 0 Å². The lowest BCUT2D eigenvalue weighted by Gasteiger charge is -2.33. The van der Waals surface area contributed by atoms with E-state index >= 15 is 0 Å². The largest absolute Gasteiger partial charge is 0.481 e. The molecule has 1 aliphatic heterocycles. The van der Waals surface area contributed by atoms with Crippen molar-refractivity contribution in [1.29, 1.82) is 0 Å². The highest BCUT2D eigenvalue weighted by molar-refractivity contribution is 7.91.